The molecule has 14 heavy (non-hydrogen) atoms. The SMILES string of the molecule is Nc1cccc(OCC(O)CO)c1Br. The van der Waals surface area contributed by atoms with Gasteiger partial charge in [0.05, 0.1) is 11.1 Å². The molecule has 1 aromatic carbocycles. The molecule has 0 amide bonds. The topological polar surface area (TPSA) is 75.7 Å². The highest BCUT2D eigenvalue weighted by atomic mass is 79.9. The first-order valence-electron chi connectivity index (χ1n) is 4.11. The summed E-state index contributed by atoms with van der Waals surface area (Å²) in [7, 11) is 0. The Morgan fingerprint density at radius 2 is 2.21 bits per heavy atom. The predicted molar refractivity (Wildman–Crippen MR) is 57.1 cm³/mol. The Balaban J connectivity index is 2.63. The highest BCUT2D eigenvalue weighted by molar-refractivity contribution is 9.10. The summed E-state index contributed by atoms with van der Waals surface area (Å²) in [5.41, 5.74) is 6.19. The maximum atomic E-state index is 9.06. The third kappa shape index (κ3) is 2.87. The van der Waals surface area contributed by atoms with E-state index in [1.807, 2.05) is 0 Å². The van der Waals surface area contributed by atoms with Gasteiger partial charge in [0.2, 0.25) is 0 Å². The summed E-state index contributed by atoms with van der Waals surface area (Å²) in [5.74, 6) is 0.553. The molecule has 78 valence electrons. The minimum Gasteiger partial charge on any atom is -0.490 e. The molecule has 0 saturated carbocycles. The standard InChI is InChI=1S/C9H12BrNO3/c10-9-7(11)2-1-3-8(9)14-5-6(13)4-12/h1-3,6,12-13H,4-5,11H2. The van der Waals surface area contributed by atoms with E-state index in [2.05, 4.69) is 15.9 Å². The van der Waals surface area contributed by atoms with Crippen molar-refractivity contribution < 1.29 is 14.9 Å². The van der Waals surface area contributed by atoms with Crippen molar-refractivity contribution in [1.29, 1.82) is 0 Å². The van der Waals surface area contributed by atoms with Crippen molar-refractivity contribution in [3.63, 3.8) is 0 Å². The van der Waals surface area contributed by atoms with Crippen molar-refractivity contribution in [2.45, 2.75) is 6.10 Å². The normalized spacial score (nSPS) is 12.5. The Hall–Kier alpha value is -0.780. The molecular weight excluding hydrogens is 250 g/mol. The van der Waals surface area contributed by atoms with Crippen molar-refractivity contribution in [3.05, 3.63) is 22.7 Å². The third-order valence-corrected chi connectivity index (χ3v) is 2.48. The summed E-state index contributed by atoms with van der Waals surface area (Å²) in [5, 5.41) is 17.6. The van der Waals surface area contributed by atoms with Gasteiger partial charge in [-0.3, -0.25) is 0 Å². The number of anilines is 1. The molecule has 4 N–H and O–H groups in total. The van der Waals surface area contributed by atoms with E-state index in [0.717, 1.165) is 0 Å². The van der Waals surface area contributed by atoms with Gasteiger partial charge in [0, 0.05) is 5.69 Å². The Morgan fingerprint density at radius 1 is 1.50 bits per heavy atom. The van der Waals surface area contributed by atoms with Gasteiger partial charge in [0.1, 0.15) is 18.5 Å². The second-order valence-corrected chi connectivity index (χ2v) is 3.60. The van der Waals surface area contributed by atoms with Crippen molar-refractivity contribution in [2.24, 2.45) is 0 Å². The molecule has 1 atom stereocenters. The Labute approximate surface area is 90.4 Å². The van der Waals surface area contributed by atoms with Gasteiger partial charge in [-0.05, 0) is 28.1 Å². The lowest BCUT2D eigenvalue weighted by atomic mass is 10.3. The summed E-state index contributed by atoms with van der Waals surface area (Å²) in [6.07, 6.45) is -0.872. The Morgan fingerprint density at radius 3 is 2.86 bits per heavy atom. The molecule has 0 aliphatic rings. The van der Waals surface area contributed by atoms with E-state index in [0.29, 0.717) is 15.9 Å². The summed E-state index contributed by atoms with van der Waals surface area (Å²) in [6.45, 7) is -0.279. The predicted octanol–water partition coefficient (Wildman–Crippen LogP) is 0.763. The van der Waals surface area contributed by atoms with Crippen molar-refractivity contribution in [2.75, 3.05) is 18.9 Å². The molecule has 5 heteroatoms. The van der Waals surface area contributed by atoms with E-state index in [1.165, 1.54) is 0 Å². The molecule has 0 aliphatic carbocycles. The molecule has 0 aromatic heterocycles. The summed E-state index contributed by atoms with van der Waals surface area (Å²) >= 11 is 3.26. The van der Waals surface area contributed by atoms with Gasteiger partial charge in [-0.25, -0.2) is 0 Å². The number of hydrogen-bond donors (Lipinski definition) is 3. The van der Waals surface area contributed by atoms with E-state index in [4.69, 9.17) is 20.7 Å². The van der Waals surface area contributed by atoms with Gasteiger partial charge in [-0.15, -0.1) is 0 Å². The molecular formula is C9H12BrNO3. The zero-order chi connectivity index (χ0) is 10.6. The van der Waals surface area contributed by atoms with Crippen LogP contribution in [0.1, 0.15) is 0 Å². The molecule has 1 aromatic rings. The smallest absolute Gasteiger partial charge is 0.135 e. The van der Waals surface area contributed by atoms with Gasteiger partial charge >= 0.3 is 0 Å². The average Bonchev–Trinajstić information content (AvgIpc) is 2.20. The third-order valence-electron chi connectivity index (χ3n) is 1.64. The van der Waals surface area contributed by atoms with Crippen LogP contribution in [0.15, 0.2) is 22.7 Å². The Bertz CT molecular complexity index is 306. The minimum atomic E-state index is -0.872. The number of nitrogens with two attached hydrogens (primary N) is 1. The van der Waals surface area contributed by atoms with Gasteiger partial charge in [-0.2, -0.15) is 0 Å². The summed E-state index contributed by atoms with van der Waals surface area (Å²) in [6, 6.07) is 5.21. The van der Waals surface area contributed by atoms with Crippen molar-refractivity contribution in [1.82, 2.24) is 0 Å². The number of rotatable bonds is 4. The lowest BCUT2D eigenvalue weighted by Crippen LogP contribution is -2.21. The van der Waals surface area contributed by atoms with Gasteiger partial charge in [0.15, 0.2) is 0 Å². The molecule has 0 spiro atoms. The lowest BCUT2D eigenvalue weighted by Gasteiger charge is -2.11. The van der Waals surface area contributed by atoms with Crippen molar-refractivity contribution in [3.8, 4) is 5.75 Å². The van der Waals surface area contributed by atoms with E-state index in [9.17, 15) is 0 Å². The fraction of sp³-hybridized carbons (Fsp3) is 0.333. The largest absolute Gasteiger partial charge is 0.490 e. The van der Waals surface area contributed by atoms with E-state index >= 15 is 0 Å². The summed E-state index contributed by atoms with van der Waals surface area (Å²) in [4.78, 5) is 0. The van der Waals surface area contributed by atoms with Crippen LogP contribution in [-0.2, 0) is 0 Å². The van der Waals surface area contributed by atoms with Crippen LogP contribution < -0.4 is 10.5 Å². The van der Waals surface area contributed by atoms with Gasteiger partial charge < -0.3 is 20.7 Å². The first-order chi connectivity index (χ1) is 6.65. The van der Waals surface area contributed by atoms with Gasteiger partial charge in [-0.1, -0.05) is 6.07 Å². The first kappa shape index (κ1) is 11.3. The zero-order valence-corrected chi connectivity index (χ0v) is 9.07. The number of ether oxygens (including phenoxy) is 1. The second-order valence-electron chi connectivity index (χ2n) is 2.81. The molecule has 4 nitrogen and oxygen atoms in total. The van der Waals surface area contributed by atoms with E-state index < -0.39 is 6.10 Å². The maximum absolute atomic E-state index is 9.06. The van der Waals surface area contributed by atoms with Gasteiger partial charge in [0.25, 0.3) is 0 Å². The second kappa shape index (κ2) is 5.19. The van der Waals surface area contributed by atoms with Crippen LogP contribution in [0.4, 0.5) is 5.69 Å². The average molecular weight is 262 g/mol. The number of nitrogen functional groups attached to an aromatic ring is 1. The molecule has 1 rings (SSSR count). The fourth-order valence-corrected chi connectivity index (χ4v) is 1.26. The highest BCUT2D eigenvalue weighted by Crippen LogP contribution is 2.30. The van der Waals surface area contributed by atoms with Crippen LogP contribution in [-0.4, -0.2) is 29.5 Å². The summed E-state index contributed by atoms with van der Waals surface area (Å²) < 4.78 is 5.89. The number of halogens is 1. The highest BCUT2D eigenvalue weighted by Gasteiger charge is 2.07. The van der Waals surface area contributed by atoms with E-state index in [-0.39, 0.29) is 13.2 Å². The van der Waals surface area contributed by atoms with Crippen LogP contribution in [0.3, 0.4) is 0 Å². The lowest BCUT2D eigenvalue weighted by molar-refractivity contribution is 0.0534. The molecule has 0 saturated heterocycles. The molecule has 1 unspecified atom stereocenters. The quantitative estimate of drug-likeness (QED) is 0.700. The molecule has 0 heterocycles. The molecule has 0 radical (unpaired) electrons. The van der Waals surface area contributed by atoms with Crippen LogP contribution >= 0.6 is 15.9 Å². The minimum absolute atomic E-state index is 0.0402. The first-order valence-corrected chi connectivity index (χ1v) is 4.90. The molecule has 0 fully saturated rings. The fourth-order valence-electron chi connectivity index (χ4n) is 0.878. The number of aliphatic hydroxyl groups excluding tert-OH is 2. The number of aliphatic hydroxyl groups is 2. The van der Waals surface area contributed by atoms with E-state index in [1.54, 1.807) is 18.2 Å². The molecule has 0 bridgehead atoms. The van der Waals surface area contributed by atoms with Crippen LogP contribution in [0.2, 0.25) is 0 Å². The van der Waals surface area contributed by atoms with Crippen LogP contribution in [0.5, 0.6) is 5.75 Å². The molecule has 0 aliphatic heterocycles. The Kier molecular flexibility index (Phi) is 4.19. The maximum Gasteiger partial charge on any atom is 0.135 e. The monoisotopic (exact) mass is 261 g/mol. The zero-order valence-electron chi connectivity index (χ0n) is 7.48. The van der Waals surface area contributed by atoms with Crippen LogP contribution in [0, 0.1) is 0 Å². The van der Waals surface area contributed by atoms with Crippen molar-refractivity contribution >= 4 is 21.6 Å². The van der Waals surface area contributed by atoms with Crippen LogP contribution in [0.25, 0.3) is 0 Å². The number of benzene rings is 1. The number of hydrogen-bond acceptors (Lipinski definition) is 4.